The first-order valence-corrected chi connectivity index (χ1v) is 14.4. The standard InChI is InChI=1S/C32H36Cl2N2O3/c1-22(2)25-13-15-27(16-14-25)39-21-31(37)36(20-24-12-17-28(33)29(34)18-24)30(19-23-8-4-3-5-9-23)32(38)35-26-10-6-7-11-26/h3-5,8-9,12-18,22,26,30H,6-7,10-11,19-21H2,1-2H3,(H,35,38). The average Bonchev–Trinajstić information content (AvgIpc) is 3.45. The molecule has 206 valence electrons. The first-order chi connectivity index (χ1) is 18.8. The van der Waals surface area contributed by atoms with Gasteiger partial charge in [0.1, 0.15) is 11.8 Å². The predicted molar refractivity (Wildman–Crippen MR) is 157 cm³/mol. The highest BCUT2D eigenvalue weighted by molar-refractivity contribution is 6.42. The average molecular weight is 568 g/mol. The Morgan fingerprint density at radius 1 is 0.923 bits per heavy atom. The Kier molecular flexibility index (Phi) is 10.3. The highest BCUT2D eigenvalue weighted by Crippen LogP contribution is 2.25. The van der Waals surface area contributed by atoms with Crippen LogP contribution in [-0.4, -0.2) is 35.4 Å². The Morgan fingerprint density at radius 2 is 1.62 bits per heavy atom. The fourth-order valence-corrected chi connectivity index (χ4v) is 5.25. The van der Waals surface area contributed by atoms with Crippen LogP contribution in [0, 0.1) is 0 Å². The lowest BCUT2D eigenvalue weighted by atomic mass is 10.0. The molecule has 1 fully saturated rings. The summed E-state index contributed by atoms with van der Waals surface area (Å²) in [6, 6.07) is 22.2. The fraction of sp³-hybridized carbons (Fsp3) is 0.375. The Balaban J connectivity index is 1.60. The number of nitrogens with zero attached hydrogens (tertiary/aromatic N) is 1. The molecule has 1 saturated carbocycles. The van der Waals surface area contributed by atoms with E-state index in [9.17, 15) is 9.59 Å². The van der Waals surface area contributed by atoms with Crippen molar-refractivity contribution >= 4 is 35.0 Å². The highest BCUT2D eigenvalue weighted by Gasteiger charge is 2.32. The zero-order valence-electron chi connectivity index (χ0n) is 22.5. The van der Waals surface area contributed by atoms with Crippen molar-refractivity contribution in [3.63, 3.8) is 0 Å². The molecule has 1 atom stereocenters. The Morgan fingerprint density at radius 3 is 2.26 bits per heavy atom. The van der Waals surface area contributed by atoms with Gasteiger partial charge >= 0.3 is 0 Å². The summed E-state index contributed by atoms with van der Waals surface area (Å²) in [5.74, 6) is 0.578. The third kappa shape index (κ3) is 8.23. The van der Waals surface area contributed by atoms with Crippen molar-refractivity contribution in [2.24, 2.45) is 0 Å². The van der Waals surface area contributed by atoms with Crippen LogP contribution in [0.25, 0.3) is 0 Å². The van der Waals surface area contributed by atoms with Crippen LogP contribution in [0.4, 0.5) is 0 Å². The van der Waals surface area contributed by atoms with Crippen molar-refractivity contribution in [3.8, 4) is 5.75 Å². The van der Waals surface area contributed by atoms with Crippen LogP contribution in [0.1, 0.15) is 62.1 Å². The second-order valence-corrected chi connectivity index (χ2v) is 11.3. The van der Waals surface area contributed by atoms with Crippen molar-refractivity contribution in [2.45, 2.75) is 70.5 Å². The zero-order chi connectivity index (χ0) is 27.8. The van der Waals surface area contributed by atoms with Gasteiger partial charge in [-0.2, -0.15) is 0 Å². The van der Waals surface area contributed by atoms with Crippen molar-refractivity contribution in [1.82, 2.24) is 10.2 Å². The van der Waals surface area contributed by atoms with Gasteiger partial charge in [0.25, 0.3) is 5.91 Å². The molecular weight excluding hydrogens is 531 g/mol. The maximum atomic E-state index is 13.8. The van der Waals surface area contributed by atoms with Gasteiger partial charge in [0.05, 0.1) is 10.0 Å². The molecule has 5 nitrogen and oxygen atoms in total. The van der Waals surface area contributed by atoms with Crippen molar-refractivity contribution in [1.29, 1.82) is 0 Å². The van der Waals surface area contributed by atoms with Gasteiger partial charge in [0.2, 0.25) is 5.91 Å². The van der Waals surface area contributed by atoms with E-state index in [0.29, 0.717) is 28.1 Å². The lowest BCUT2D eigenvalue weighted by molar-refractivity contribution is -0.143. The third-order valence-corrected chi connectivity index (χ3v) is 7.96. The summed E-state index contributed by atoms with van der Waals surface area (Å²) in [4.78, 5) is 29.1. The second kappa shape index (κ2) is 13.9. The first-order valence-electron chi connectivity index (χ1n) is 13.6. The topological polar surface area (TPSA) is 58.6 Å². The third-order valence-electron chi connectivity index (χ3n) is 7.22. The highest BCUT2D eigenvalue weighted by atomic mass is 35.5. The van der Waals surface area contributed by atoms with Crippen LogP contribution in [-0.2, 0) is 22.6 Å². The zero-order valence-corrected chi connectivity index (χ0v) is 24.0. The summed E-state index contributed by atoms with van der Waals surface area (Å²) in [6.07, 6.45) is 4.50. The number of halogens is 2. The maximum absolute atomic E-state index is 13.8. The van der Waals surface area contributed by atoms with E-state index < -0.39 is 6.04 Å². The van der Waals surface area contributed by atoms with Gasteiger partial charge in [0, 0.05) is 19.0 Å². The van der Waals surface area contributed by atoms with Crippen LogP contribution in [0.5, 0.6) is 5.75 Å². The molecule has 0 aromatic heterocycles. The summed E-state index contributed by atoms with van der Waals surface area (Å²) in [5.41, 5.74) is 2.95. The molecule has 39 heavy (non-hydrogen) atoms. The van der Waals surface area contributed by atoms with Crippen LogP contribution >= 0.6 is 23.2 Å². The SMILES string of the molecule is CC(C)c1ccc(OCC(=O)N(Cc2ccc(Cl)c(Cl)c2)C(Cc2ccccc2)C(=O)NC2CCCC2)cc1. The lowest BCUT2D eigenvalue weighted by Gasteiger charge is -2.32. The molecule has 0 radical (unpaired) electrons. The molecule has 0 bridgehead atoms. The number of rotatable bonds is 11. The van der Waals surface area contributed by atoms with E-state index >= 15 is 0 Å². The molecule has 7 heteroatoms. The molecule has 3 aromatic rings. The summed E-state index contributed by atoms with van der Waals surface area (Å²) >= 11 is 12.4. The molecule has 1 unspecified atom stereocenters. The first kappa shape index (κ1) is 29.0. The Labute approximate surface area is 241 Å². The monoisotopic (exact) mass is 566 g/mol. The summed E-state index contributed by atoms with van der Waals surface area (Å²) in [7, 11) is 0. The van der Waals surface area contributed by atoms with E-state index in [4.69, 9.17) is 27.9 Å². The molecule has 3 aromatic carbocycles. The van der Waals surface area contributed by atoms with Gasteiger partial charge < -0.3 is 15.0 Å². The van der Waals surface area contributed by atoms with Crippen LogP contribution in [0.15, 0.2) is 72.8 Å². The molecule has 0 spiro atoms. The second-order valence-electron chi connectivity index (χ2n) is 10.5. The van der Waals surface area contributed by atoms with Crippen LogP contribution < -0.4 is 10.1 Å². The van der Waals surface area contributed by atoms with E-state index in [0.717, 1.165) is 36.8 Å². The van der Waals surface area contributed by atoms with Crippen LogP contribution in [0.2, 0.25) is 10.0 Å². The van der Waals surface area contributed by atoms with E-state index in [1.165, 1.54) is 5.56 Å². The minimum atomic E-state index is -0.720. The fourth-order valence-electron chi connectivity index (χ4n) is 4.93. The summed E-state index contributed by atoms with van der Waals surface area (Å²) < 4.78 is 5.91. The summed E-state index contributed by atoms with van der Waals surface area (Å²) in [5, 5.41) is 4.05. The molecule has 0 saturated heterocycles. The number of hydrogen-bond donors (Lipinski definition) is 1. The minimum absolute atomic E-state index is 0.133. The molecule has 1 aliphatic carbocycles. The number of amides is 2. The van der Waals surface area contributed by atoms with E-state index in [1.807, 2.05) is 60.7 Å². The van der Waals surface area contributed by atoms with E-state index in [1.54, 1.807) is 17.0 Å². The minimum Gasteiger partial charge on any atom is -0.484 e. The Hall–Kier alpha value is -3.02. The molecular formula is C32H36Cl2N2O3. The number of carbonyl (C=O) groups excluding carboxylic acids is 2. The molecule has 4 rings (SSSR count). The molecule has 1 aliphatic rings. The van der Waals surface area contributed by atoms with Gasteiger partial charge in [-0.25, -0.2) is 0 Å². The largest absolute Gasteiger partial charge is 0.484 e. The van der Waals surface area contributed by atoms with Gasteiger partial charge in [-0.15, -0.1) is 0 Å². The van der Waals surface area contributed by atoms with E-state index in [2.05, 4.69) is 19.2 Å². The Bertz CT molecular complexity index is 1240. The van der Waals surface area contributed by atoms with Gasteiger partial charge in [-0.1, -0.05) is 98.4 Å². The van der Waals surface area contributed by atoms with E-state index in [-0.39, 0.29) is 31.0 Å². The summed E-state index contributed by atoms with van der Waals surface area (Å²) in [6.45, 7) is 4.26. The lowest BCUT2D eigenvalue weighted by Crippen LogP contribution is -2.53. The number of benzene rings is 3. The van der Waals surface area contributed by atoms with Gasteiger partial charge in [-0.3, -0.25) is 9.59 Å². The van der Waals surface area contributed by atoms with Crippen molar-refractivity contribution in [3.05, 3.63) is 99.5 Å². The number of ether oxygens (including phenoxy) is 1. The quantitative estimate of drug-likeness (QED) is 0.267. The molecule has 0 aliphatic heterocycles. The number of hydrogen-bond acceptors (Lipinski definition) is 3. The number of carbonyl (C=O) groups is 2. The smallest absolute Gasteiger partial charge is 0.261 e. The predicted octanol–water partition coefficient (Wildman–Crippen LogP) is 7.19. The van der Waals surface area contributed by atoms with Gasteiger partial charge in [-0.05, 0) is 59.7 Å². The normalized spacial score (nSPS) is 14.3. The molecule has 0 heterocycles. The molecule has 1 N–H and O–H groups in total. The van der Waals surface area contributed by atoms with Crippen molar-refractivity contribution in [2.75, 3.05) is 6.61 Å². The van der Waals surface area contributed by atoms with Crippen LogP contribution in [0.3, 0.4) is 0 Å². The van der Waals surface area contributed by atoms with Crippen molar-refractivity contribution < 1.29 is 14.3 Å². The van der Waals surface area contributed by atoms with Gasteiger partial charge in [0.15, 0.2) is 6.61 Å². The maximum Gasteiger partial charge on any atom is 0.261 e. The number of nitrogens with one attached hydrogen (secondary N) is 1. The molecule has 2 amide bonds.